The average molecular weight is 382 g/mol. The Morgan fingerprint density at radius 3 is 2.30 bits per heavy atom. The zero-order valence-corrected chi connectivity index (χ0v) is 14.4. The molecule has 1 saturated heterocycles. The SMILES string of the molecule is O=C(O)/C=C/C(=O)O.OC1CCN(CCn2ccc3cc(F)c(F)cc32)C1. The standard InChI is InChI=1S/C14H16F2N2O.C4H4O4/c15-12-7-10-1-4-18(14(10)8-13(12)16)6-5-17-3-2-11(19)9-17;5-3(6)1-2-4(7)8/h1,4,7-8,11,19H,2-3,5-6,9H2;1-2H,(H,5,6)(H,7,8)/b;2-1+. The summed E-state index contributed by atoms with van der Waals surface area (Å²) in [5, 5.41) is 25.8. The molecule has 0 bridgehead atoms. The maximum atomic E-state index is 13.3. The molecule has 9 heteroatoms. The van der Waals surface area contributed by atoms with E-state index >= 15 is 0 Å². The molecule has 3 N–H and O–H groups in total. The molecule has 27 heavy (non-hydrogen) atoms. The summed E-state index contributed by atoms with van der Waals surface area (Å²) in [7, 11) is 0. The number of rotatable bonds is 5. The molecular formula is C18H20F2N2O5. The number of likely N-dealkylation sites (tertiary alicyclic amines) is 1. The van der Waals surface area contributed by atoms with Crippen molar-refractivity contribution < 1.29 is 33.7 Å². The van der Waals surface area contributed by atoms with Crippen LogP contribution in [-0.2, 0) is 16.1 Å². The minimum atomic E-state index is -1.26. The Bertz CT molecular complexity index is 834. The monoisotopic (exact) mass is 382 g/mol. The first-order valence-electron chi connectivity index (χ1n) is 8.24. The molecule has 1 aliphatic rings. The van der Waals surface area contributed by atoms with Crippen molar-refractivity contribution in [1.29, 1.82) is 0 Å². The molecule has 0 amide bonds. The highest BCUT2D eigenvalue weighted by Crippen LogP contribution is 2.20. The smallest absolute Gasteiger partial charge is 0.328 e. The molecule has 0 radical (unpaired) electrons. The molecule has 1 aliphatic heterocycles. The van der Waals surface area contributed by atoms with Crippen LogP contribution in [0, 0.1) is 11.6 Å². The number of carboxylic acid groups (broad SMARTS) is 2. The topological polar surface area (TPSA) is 103 Å². The molecular weight excluding hydrogens is 362 g/mol. The van der Waals surface area contributed by atoms with E-state index < -0.39 is 23.6 Å². The van der Waals surface area contributed by atoms with Crippen LogP contribution in [0.1, 0.15) is 6.42 Å². The van der Waals surface area contributed by atoms with Crippen LogP contribution in [-0.4, -0.2) is 62.5 Å². The van der Waals surface area contributed by atoms with E-state index in [1.807, 2.05) is 10.8 Å². The third-order valence-electron chi connectivity index (χ3n) is 4.09. The molecule has 0 aliphatic carbocycles. The van der Waals surface area contributed by atoms with Gasteiger partial charge in [-0.3, -0.25) is 4.90 Å². The molecule has 3 rings (SSSR count). The number of aliphatic hydroxyl groups is 1. The quantitative estimate of drug-likeness (QED) is 0.680. The van der Waals surface area contributed by atoms with Crippen molar-refractivity contribution in [3.05, 3.63) is 48.2 Å². The zero-order chi connectivity index (χ0) is 20.0. The highest BCUT2D eigenvalue weighted by atomic mass is 19.2. The fraction of sp³-hybridized carbons (Fsp3) is 0.333. The number of nitrogens with zero attached hydrogens (tertiary/aromatic N) is 2. The van der Waals surface area contributed by atoms with Gasteiger partial charge in [-0.2, -0.15) is 0 Å². The van der Waals surface area contributed by atoms with Gasteiger partial charge < -0.3 is 19.9 Å². The summed E-state index contributed by atoms with van der Waals surface area (Å²) in [5.74, 6) is -4.14. The van der Waals surface area contributed by atoms with E-state index in [9.17, 15) is 23.5 Å². The summed E-state index contributed by atoms with van der Waals surface area (Å²) in [5.41, 5.74) is 0.707. The number of carbonyl (C=O) groups is 2. The Morgan fingerprint density at radius 2 is 1.74 bits per heavy atom. The molecule has 1 aromatic heterocycles. The summed E-state index contributed by atoms with van der Waals surface area (Å²) in [6, 6.07) is 4.25. The Morgan fingerprint density at radius 1 is 1.11 bits per heavy atom. The molecule has 0 spiro atoms. The first-order valence-corrected chi connectivity index (χ1v) is 8.24. The van der Waals surface area contributed by atoms with E-state index in [0.717, 1.165) is 19.5 Å². The first-order chi connectivity index (χ1) is 12.8. The second kappa shape index (κ2) is 9.24. The molecule has 0 saturated carbocycles. The normalized spacial score (nSPS) is 17.2. The maximum Gasteiger partial charge on any atom is 0.328 e. The van der Waals surface area contributed by atoms with E-state index in [2.05, 4.69) is 4.90 Å². The Labute approximate surface area is 153 Å². The van der Waals surface area contributed by atoms with E-state index in [1.54, 1.807) is 6.07 Å². The van der Waals surface area contributed by atoms with Gasteiger partial charge in [0.1, 0.15) is 0 Å². The summed E-state index contributed by atoms with van der Waals surface area (Å²) in [6.45, 7) is 3.10. The fourth-order valence-corrected chi connectivity index (χ4v) is 2.79. The molecule has 7 nitrogen and oxygen atoms in total. The lowest BCUT2D eigenvalue weighted by molar-refractivity contribution is -0.134. The number of halogens is 2. The number of β-amino-alcohol motifs (C(OH)–C–C–N with tert-alkyl or cyclic N) is 1. The number of aliphatic carboxylic acids is 2. The zero-order valence-electron chi connectivity index (χ0n) is 14.4. The van der Waals surface area contributed by atoms with Crippen molar-refractivity contribution in [1.82, 2.24) is 9.47 Å². The lowest BCUT2D eigenvalue weighted by atomic mass is 10.2. The largest absolute Gasteiger partial charge is 0.478 e. The van der Waals surface area contributed by atoms with E-state index in [1.165, 1.54) is 12.1 Å². The van der Waals surface area contributed by atoms with Crippen LogP contribution in [0.5, 0.6) is 0 Å². The molecule has 146 valence electrons. The van der Waals surface area contributed by atoms with Crippen LogP contribution >= 0.6 is 0 Å². The molecule has 1 atom stereocenters. The molecule has 2 heterocycles. The molecule has 1 unspecified atom stereocenters. The van der Waals surface area contributed by atoms with Crippen LogP contribution in [0.3, 0.4) is 0 Å². The third-order valence-corrected chi connectivity index (χ3v) is 4.09. The van der Waals surface area contributed by atoms with Gasteiger partial charge in [-0.1, -0.05) is 0 Å². The minimum absolute atomic E-state index is 0.229. The lowest BCUT2D eigenvalue weighted by Gasteiger charge is -2.15. The van der Waals surface area contributed by atoms with Gasteiger partial charge in [0.15, 0.2) is 11.6 Å². The number of aliphatic hydroxyl groups excluding tert-OH is 1. The number of hydrogen-bond donors (Lipinski definition) is 3. The highest BCUT2D eigenvalue weighted by molar-refractivity contribution is 5.89. The van der Waals surface area contributed by atoms with Gasteiger partial charge in [0.25, 0.3) is 0 Å². The molecule has 2 aromatic rings. The van der Waals surface area contributed by atoms with Crippen molar-refractivity contribution in [2.45, 2.75) is 19.1 Å². The van der Waals surface area contributed by atoms with Gasteiger partial charge in [0, 0.05) is 56.0 Å². The number of aromatic nitrogens is 1. The third kappa shape index (κ3) is 6.15. The lowest BCUT2D eigenvalue weighted by Crippen LogP contribution is -2.26. The Kier molecular flexibility index (Phi) is 7.03. The number of fused-ring (bicyclic) bond motifs is 1. The van der Waals surface area contributed by atoms with Crippen molar-refractivity contribution in [2.75, 3.05) is 19.6 Å². The second-order valence-electron chi connectivity index (χ2n) is 6.09. The van der Waals surface area contributed by atoms with Gasteiger partial charge in [0.05, 0.1) is 11.6 Å². The van der Waals surface area contributed by atoms with Gasteiger partial charge in [-0.25, -0.2) is 18.4 Å². The minimum Gasteiger partial charge on any atom is -0.478 e. The Hall–Kier alpha value is -2.78. The fourth-order valence-electron chi connectivity index (χ4n) is 2.79. The van der Waals surface area contributed by atoms with Crippen LogP contribution < -0.4 is 0 Å². The average Bonchev–Trinajstić information content (AvgIpc) is 3.18. The van der Waals surface area contributed by atoms with Crippen LogP contribution in [0.4, 0.5) is 8.78 Å². The predicted molar refractivity (Wildman–Crippen MR) is 93.3 cm³/mol. The van der Waals surface area contributed by atoms with Crippen molar-refractivity contribution in [3.63, 3.8) is 0 Å². The number of hydrogen-bond acceptors (Lipinski definition) is 4. The molecule has 1 fully saturated rings. The summed E-state index contributed by atoms with van der Waals surface area (Å²) < 4.78 is 28.3. The van der Waals surface area contributed by atoms with Gasteiger partial charge in [-0.15, -0.1) is 0 Å². The maximum absolute atomic E-state index is 13.3. The summed E-state index contributed by atoms with van der Waals surface area (Å²) in [4.78, 5) is 21.3. The van der Waals surface area contributed by atoms with E-state index in [4.69, 9.17) is 10.2 Å². The van der Waals surface area contributed by atoms with Crippen LogP contribution in [0.25, 0.3) is 10.9 Å². The summed E-state index contributed by atoms with van der Waals surface area (Å²) in [6.07, 6.45) is 3.54. The van der Waals surface area contributed by atoms with Crippen molar-refractivity contribution >= 4 is 22.8 Å². The van der Waals surface area contributed by atoms with E-state index in [-0.39, 0.29) is 6.10 Å². The van der Waals surface area contributed by atoms with Gasteiger partial charge in [0.2, 0.25) is 0 Å². The van der Waals surface area contributed by atoms with Crippen LogP contribution in [0.15, 0.2) is 36.5 Å². The van der Waals surface area contributed by atoms with E-state index in [0.29, 0.717) is 36.1 Å². The van der Waals surface area contributed by atoms with Gasteiger partial charge in [-0.05, 0) is 18.6 Å². The number of carboxylic acids is 2. The highest BCUT2D eigenvalue weighted by Gasteiger charge is 2.19. The van der Waals surface area contributed by atoms with Gasteiger partial charge >= 0.3 is 11.9 Å². The number of benzene rings is 1. The second-order valence-corrected chi connectivity index (χ2v) is 6.09. The Balaban J connectivity index is 0.000000279. The van der Waals surface area contributed by atoms with Crippen molar-refractivity contribution in [3.8, 4) is 0 Å². The van der Waals surface area contributed by atoms with Crippen LogP contribution in [0.2, 0.25) is 0 Å². The summed E-state index contributed by atoms with van der Waals surface area (Å²) >= 11 is 0. The first kappa shape index (κ1) is 20.5. The predicted octanol–water partition coefficient (Wildman–Crippen LogP) is 1.70. The van der Waals surface area contributed by atoms with Crippen molar-refractivity contribution in [2.24, 2.45) is 0 Å². The molecule has 1 aromatic carbocycles.